The van der Waals surface area contributed by atoms with Crippen LogP contribution in [0.2, 0.25) is 0 Å². The molecule has 0 fully saturated rings. The zero-order valence-electron chi connectivity index (χ0n) is 8.51. The second kappa shape index (κ2) is 3.80. The Morgan fingerprint density at radius 1 is 1.56 bits per heavy atom. The molecule has 2 aliphatic heterocycles. The summed E-state index contributed by atoms with van der Waals surface area (Å²) >= 11 is 0. The number of hydrogen-bond donors (Lipinski definition) is 2. The number of hydrogen-bond acceptors (Lipinski definition) is 4. The van der Waals surface area contributed by atoms with Gasteiger partial charge in [0.25, 0.3) is 5.91 Å². The lowest BCUT2D eigenvalue weighted by Crippen LogP contribution is -2.48. The second-order valence-corrected chi connectivity index (χ2v) is 3.55. The Morgan fingerprint density at radius 2 is 2.31 bits per heavy atom. The Hall–Kier alpha value is -2.11. The van der Waals surface area contributed by atoms with E-state index in [0.29, 0.717) is 6.54 Å². The maximum atomic E-state index is 11.8. The number of nitrogens with one attached hydrogen (secondary N) is 1. The molecule has 6 heteroatoms. The molecule has 0 saturated heterocycles. The standard InChI is InChI=1S/C10H11N3O3/c11-8-4-3-7-2-1-5-12(7)13(10(8)16)6-9(14)15/h1-3,11H,4-6H2,(H,14,15). The minimum absolute atomic E-state index is 0.0865. The average molecular weight is 221 g/mol. The van der Waals surface area contributed by atoms with Gasteiger partial charge in [-0.1, -0.05) is 12.2 Å². The number of fused-ring (bicyclic) bond motifs is 1. The van der Waals surface area contributed by atoms with Crippen molar-refractivity contribution in [2.45, 2.75) is 6.42 Å². The number of amides is 1. The highest BCUT2D eigenvalue weighted by molar-refractivity contribution is 6.38. The molecule has 0 spiro atoms. The number of carboxylic acid groups (broad SMARTS) is 1. The second-order valence-electron chi connectivity index (χ2n) is 3.55. The SMILES string of the molecule is N=C1CC=C2C=CCN2N(CC(=O)O)C1=O. The predicted octanol–water partition coefficient (Wildman–Crippen LogP) is -0.00623. The van der Waals surface area contributed by atoms with Crippen molar-refractivity contribution in [3.8, 4) is 0 Å². The molecule has 6 nitrogen and oxygen atoms in total. The highest BCUT2D eigenvalue weighted by Gasteiger charge is 2.30. The van der Waals surface area contributed by atoms with E-state index in [1.807, 2.05) is 12.2 Å². The van der Waals surface area contributed by atoms with Gasteiger partial charge in [0.1, 0.15) is 12.3 Å². The van der Waals surface area contributed by atoms with Gasteiger partial charge >= 0.3 is 5.97 Å². The smallest absolute Gasteiger partial charge is 0.325 e. The number of carboxylic acids is 1. The summed E-state index contributed by atoms with van der Waals surface area (Å²) in [4.78, 5) is 22.4. The summed E-state index contributed by atoms with van der Waals surface area (Å²) in [6, 6.07) is 0. The monoisotopic (exact) mass is 221 g/mol. The largest absolute Gasteiger partial charge is 0.480 e. The van der Waals surface area contributed by atoms with E-state index in [-0.39, 0.29) is 12.1 Å². The van der Waals surface area contributed by atoms with Crippen molar-refractivity contribution < 1.29 is 14.7 Å². The number of carbonyl (C=O) groups excluding carboxylic acids is 1. The van der Waals surface area contributed by atoms with E-state index in [0.717, 1.165) is 10.7 Å². The van der Waals surface area contributed by atoms with E-state index in [1.165, 1.54) is 0 Å². The van der Waals surface area contributed by atoms with Crippen LogP contribution < -0.4 is 0 Å². The Kier molecular flexibility index (Phi) is 2.47. The summed E-state index contributed by atoms with van der Waals surface area (Å²) < 4.78 is 0. The fourth-order valence-corrected chi connectivity index (χ4v) is 1.72. The van der Waals surface area contributed by atoms with Gasteiger partial charge in [0.05, 0.1) is 12.2 Å². The summed E-state index contributed by atoms with van der Waals surface area (Å²) in [7, 11) is 0. The molecule has 0 saturated carbocycles. The molecule has 2 rings (SSSR count). The molecule has 0 aromatic rings. The summed E-state index contributed by atoms with van der Waals surface area (Å²) in [5.74, 6) is -1.63. The van der Waals surface area contributed by atoms with Gasteiger partial charge < -0.3 is 5.11 Å². The van der Waals surface area contributed by atoms with Crippen molar-refractivity contribution in [2.24, 2.45) is 0 Å². The number of hydrazine groups is 1. The van der Waals surface area contributed by atoms with E-state index in [4.69, 9.17) is 10.5 Å². The molecule has 2 N–H and O–H groups in total. The molecule has 84 valence electrons. The van der Waals surface area contributed by atoms with Crippen LogP contribution in [0.4, 0.5) is 0 Å². The lowest BCUT2D eigenvalue weighted by molar-refractivity contribution is -0.150. The Bertz CT molecular complexity index is 425. The van der Waals surface area contributed by atoms with Gasteiger partial charge in [-0.15, -0.1) is 0 Å². The van der Waals surface area contributed by atoms with Gasteiger partial charge in [-0.3, -0.25) is 20.0 Å². The molecule has 1 amide bonds. The first kappa shape index (κ1) is 10.4. The van der Waals surface area contributed by atoms with Crippen molar-refractivity contribution in [1.82, 2.24) is 10.0 Å². The van der Waals surface area contributed by atoms with Gasteiger partial charge in [-0.05, 0) is 6.08 Å². The Morgan fingerprint density at radius 3 is 3.00 bits per heavy atom. The van der Waals surface area contributed by atoms with Crippen molar-refractivity contribution in [3.05, 3.63) is 23.9 Å². The fourth-order valence-electron chi connectivity index (χ4n) is 1.72. The van der Waals surface area contributed by atoms with E-state index in [9.17, 15) is 9.59 Å². The molecular formula is C10H11N3O3. The van der Waals surface area contributed by atoms with Gasteiger partial charge in [0.15, 0.2) is 0 Å². The molecule has 2 aliphatic rings. The summed E-state index contributed by atoms with van der Waals surface area (Å²) in [5.41, 5.74) is 0.688. The van der Waals surface area contributed by atoms with Crippen LogP contribution in [0.1, 0.15) is 6.42 Å². The molecule has 0 aliphatic carbocycles. The van der Waals surface area contributed by atoms with E-state index >= 15 is 0 Å². The predicted molar refractivity (Wildman–Crippen MR) is 55.6 cm³/mol. The van der Waals surface area contributed by atoms with E-state index < -0.39 is 18.4 Å². The third-order valence-electron chi connectivity index (χ3n) is 2.45. The summed E-state index contributed by atoms with van der Waals surface area (Å²) in [6.45, 7) is 0.0539. The zero-order chi connectivity index (χ0) is 11.7. The maximum Gasteiger partial charge on any atom is 0.325 e. The van der Waals surface area contributed by atoms with Crippen LogP contribution in [-0.4, -0.2) is 45.8 Å². The van der Waals surface area contributed by atoms with Crippen molar-refractivity contribution in [1.29, 1.82) is 5.41 Å². The first-order chi connectivity index (χ1) is 7.59. The highest BCUT2D eigenvalue weighted by Crippen LogP contribution is 2.21. The topological polar surface area (TPSA) is 84.7 Å². The molecule has 0 aromatic carbocycles. The first-order valence-electron chi connectivity index (χ1n) is 4.85. The van der Waals surface area contributed by atoms with Gasteiger partial charge in [-0.25, -0.2) is 5.01 Å². The molecule has 0 radical (unpaired) electrons. The number of carbonyl (C=O) groups is 2. The van der Waals surface area contributed by atoms with Crippen molar-refractivity contribution in [3.63, 3.8) is 0 Å². The lowest BCUT2D eigenvalue weighted by atomic mass is 10.2. The summed E-state index contributed by atoms with van der Waals surface area (Å²) in [6.07, 6.45) is 5.67. The van der Waals surface area contributed by atoms with Crippen LogP contribution in [0, 0.1) is 5.41 Å². The number of allylic oxidation sites excluding steroid dienone is 2. The van der Waals surface area contributed by atoms with Crippen LogP contribution in [0.5, 0.6) is 0 Å². The molecule has 16 heavy (non-hydrogen) atoms. The molecule has 0 unspecified atom stereocenters. The number of rotatable bonds is 2. The van der Waals surface area contributed by atoms with Crippen LogP contribution in [0.25, 0.3) is 0 Å². The summed E-state index contributed by atoms with van der Waals surface area (Å²) in [5, 5.41) is 18.9. The van der Waals surface area contributed by atoms with Crippen molar-refractivity contribution in [2.75, 3.05) is 13.1 Å². The lowest BCUT2D eigenvalue weighted by Gasteiger charge is -2.31. The van der Waals surface area contributed by atoms with Gasteiger partial charge in [0, 0.05) is 6.42 Å². The molecule has 0 aromatic heterocycles. The molecule has 0 atom stereocenters. The minimum atomic E-state index is -1.09. The molecule has 2 heterocycles. The van der Waals surface area contributed by atoms with Crippen LogP contribution >= 0.6 is 0 Å². The number of nitrogens with zero attached hydrogens (tertiary/aromatic N) is 2. The fraction of sp³-hybridized carbons (Fsp3) is 0.300. The quantitative estimate of drug-likeness (QED) is 0.687. The van der Waals surface area contributed by atoms with Crippen LogP contribution in [-0.2, 0) is 9.59 Å². The third kappa shape index (κ3) is 1.69. The highest BCUT2D eigenvalue weighted by atomic mass is 16.4. The Labute approximate surface area is 91.9 Å². The van der Waals surface area contributed by atoms with Crippen LogP contribution in [0.3, 0.4) is 0 Å². The maximum absolute atomic E-state index is 11.8. The third-order valence-corrected chi connectivity index (χ3v) is 2.45. The van der Waals surface area contributed by atoms with Gasteiger partial charge in [-0.2, -0.15) is 0 Å². The number of aliphatic carboxylic acids is 1. The normalized spacial score (nSPS) is 19.6. The van der Waals surface area contributed by atoms with Crippen LogP contribution in [0.15, 0.2) is 23.9 Å². The molecule has 0 bridgehead atoms. The van der Waals surface area contributed by atoms with E-state index in [1.54, 1.807) is 11.1 Å². The first-order valence-corrected chi connectivity index (χ1v) is 4.85. The Balaban J connectivity index is 2.31. The van der Waals surface area contributed by atoms with E-state index in [2.05, 4.69) is 0 Å². The van der Waals surface area contributed by atoms with Gasteiger partial charge in [0.2, 0.25) is 0 Å². The molecular weight excluding hydrogens is 210 g/mol. The zero-order valence-corrected chi connectivity index (χ0v) is 8.51. The minimum Gasteiger partial charge on any atom is -0.480 e. The van der Waals surface area contributed by atoms with Crippen molar-refractivity contribution >= 4 is 17.6 Å². The average Bonchev–Trinajstić information content (AvgIpc) is 2.65.